The first-order valence-corrected chi connectivity index (χ1v) is 4.83. The standard InChI is InChI=1S/C10H12ClNO3/c1-7-5-9(11)8(6-13)10(14)12(7)3-4-15-2/h5-6H,3-4H2,1-2H3. The van der Waals surface area contributed by atoms with E-state index >= 15 is 0 Å². The van der Waals surface area contributed by atoms with Gasteiger partial charge in [0.15, 0.2) is 6.29 Å². The average Bonchev–Trinajstić information content (AvgIpc) is 2.17. The zero-order chi connectivity index (χ0) is 11.4. The molecule has 0 aromatic carbocycles. The van der Waals surface area contributed by atoms with Gasteiger partial charge in [-0.2, -0.15) is 0 Å². The minimum absolute atomic E-state index is 0.00151. The third kappa shape index (κ3) is 2.46. The highest BCUT2D eigenvalue weighted by Crippen LogP contribution is 2.12. The molecule has 0 aliphatic heterocycles. The second-order valence-electron chi connectivity index (χ2n) is 3.11. The lowest BCUT2D eigenvalue weighted by molar-refractivity contribution is 0.112. The Morgan fingerprint density at radius 3 is 2.80 bits per heavy atom. The van der Waals surface area contributed by atoms with Gasteiger partial charge in [-0.3, -0.25) is 9.59 Å². The fraction of sp³-hybridized carbons (Fsp3) is 0.400. The lowest BCUT2D eigenvalue weighted by Crippen LogP contribution is -2.27. The Morgan fingerprint density at radius 1 is 1.60 bits per heavy atom. The molecule has 0 aliphatic carbocycles. The molecule has 0 saturated heterocycles. The number of aromatic nitrogens is 1. The van der Waals surface area contributed by atoms with E-state index in [4.69, 9.17) is 16.3 Å². The molecule has 0 aliphatic rings. The number of halogens is 1. The number of pyridine rings is 1. The molecule has 0 N–H and O–H groups in total. The first-order valence-electron chi connectivity index (χ1n) is 4.46. The molecule has 1 aromatic rings. The zero-order valence-electron chi connectivity index (χ0n) is 8.62. The highest BCUT2D eigenvalue weighted by atomic mass is 35.5. The number of nitrogens with zero attached hydrogens (tertiary/aromatic N) is 1. The predicted molar refractivity (Wildman–Crippen MR) is 57.7 cm³/mol. The van der Waals surface area contributed by atoms with Crippen LogP contribution in [0.5, 0.6) is 0 Å². The van der Waals surface area contributed by atoms with Crippen LogP contribution in [-0.2, 0) is 11.3 Å². The SMILES string of the molecule is COCCn1c(C)cc(Cl)c(C=O)c1=O. The minimum Gasteiger partial charge on any atom is -0.383 e. The third-order valence-corrected chi connectivity index (χ3v) is 2.44. The summed E-state index contributed by atoms with van der Waals surface area (Å²) in [4.78, 5) is 22.4. The summed E-state index contributed by atoms with van der Waals surface area (Å²) in [5.41, 5.74) is 0.345. The van der Waals surface area contributed by atoms with Gasteiger partial charge >= 0.3 is 0 Å². The van der Waals surface area contributed by atoms with E-state index in [-0.39, 0.29) is 16.1 Å². The van der Waals surface area contributed by atoms with Gasteiger partial charge in [0.25, 0.3) is 5.56 Å². The zero-order valence-corrected chi connectivity index (χ0v) is 9.37. The van der Waals surface area contributed by atoms with Gasteiger partial charge in [0.2, 0.25) is 0 Å². The van der Waals surface area contributed by atoms with Crippen molar-refractivity contribution in [1.82, 2.24) is 4.57 Å². The molecule has 0 spiro atoms. The Kier molecular flexibility index (Phi) is 4.05. The van der Waals surface area contributed by atoms with Gasteiger partial charge in [0.1, 0.15) is 0 Å². The fourth-order valence-electron chi connectivity index (χ4n) is 1.31. The van der Waals surface area contributed by atoms with E-state index in [2.05, 4.69) is 0 Å². The number of carbonyl (C=O) groups excluding carboxylic acids is 1. The summed E-state index contributed by atoms with van der Waals surface area (Å²) in [6.45, 7) is 2.59. The highest BCUT2D eigenvalue weighted by molar-refractivity contribution is 6.32. The van der Waals surface area contributed by atoms with Gasteiger partial charge in [-0.05, 0) is 13.0 Å². The number of hydrogen-bond acceptors (Lipinski definition) is 3. The maximum absolute atomic E-state index is 11.7. The van der Waals surface area contributed by atoms with Crippen LogP contribution in [-0.4, -0.2) is 24.6 Å². The molecule has 0 saturated carbocycles. The number of methoxy groups -OCH3 is 1. The van der Waals surface area contributed by atoms with Crippen molar-refractivity contribution < 1.29 is 9.53 Å². The van der Waals surface area contributed by atoms with Crippen molar-refractivity contribution in [1.29, 1.82) is 0 Å². The molecule has 1 rings (SSSR count). The van der Waals surface area contributed by atoms with Crippen LogP contribution in [0, 0.1) is 6.92 Å². The number of aldehydes is 1. The summed E-state index contributed by atoms with van der Waals surface area (Å²) in [6.07, 6.45) is 0.480. The number of aryl methyl sites for hydroxylation is 1. The van der Waals surface area contributed by atoms with Gasteiger partial charge in [-0.15, -0.1) is 0 Å². The lowest BCUT2D eigenvalue weighted by atomic mass is 10.2. The normalized spacial score (nSPS) is 10.3. The molecule has 5 heteroatoms. The Labute approximate surface area is 92.4 Å². The smallest absolute Gasteiger partial charge is 0.262 e. The summed E-state index contributed by atoms with van der Waals surface area (Å²) < 4.78 is 6.35. The molecule has 0 fully saturated rings. The first-order chi connectivity index (χ1) is 7.11. The maximum atomic E-state index is 11.7. The Hall–Kier alpha value is -1.13. The Morgan fingerprint density at radius 2 is 2.27 bits per heavy atom. The Bertz CT molecular complexity index is 425. The van der Waals surface area contributed by atoms with Crippen LogP contribution in [0.15, 0.2) is 10.9 Å². The molecule has 0 radical (unpaired) electrons. The summed E-state index contributed by atoms with van der Waals surface area (Å²) in [5, 5.41) is 0.196. The van der Waals surface area contributed by atoms with Crippen molar-refractivity contribution in [2.45, 2.75) is 13.5 Å². The number of rotatable bonds is 4. The van der Waals surface area contributed by atoms with Crippen LogP contribution < -0.4 is 5.56 Å². The van der Waals surface area contributed by atoms with Crippen molar-refractivity contribution in [2.75, 3.05) is 13.7 Å². The summed E-state index contributed by atoms with van der Waals surface area (Å²) in [5.74, 6) is 0. The molecule has 0 atom stereocenters. The van der Waals surface area contributed by atoms with E-state index < -0.39 is 0 Å². The summed E-state index contributed by atoms with van der Waals surface area (Å²) in [6, 6.07) is 1.60. The molecular weight excluding hydrogens is 218 g/mol. The van der Waals surface area contributed by atoms with Gasteiger partial charge in [-0.25, -0.2) is 0 Å². The predicted octanol–water partition coefficient (Wildman–Crippen LogP) is 1.27. The molecule has 82 valence electrons. The topological polar surface area (TPSA) is 48.3 Å². The van der Waals surface area contributed by atoms with Crippen molar-refractivity contribution in [3.63, 3.8) is 0 Å². The van der Waals surface area contributed by atoms with Crippen LogP contribution in [0.2, 0.25) is 5.02 Å². The van der Waals surface area contributed by atoms with Gasteiger partial charge in [-0.1, -0.05) is 11.6 Å². The molecule has 4 nitrogen and oxygen atoms in total. The van der Waals surface area contributed by atoms with E-state index in [1.54, 1.807) is 20.1 Å². The number of ether oxygens (including phenoxy) is 1. The van der Waals surface area contributed by atoms with Gasteiger partial charge in [0, 0.05) is 19.3 Å². The molecule has 1 heterocycles. The van der Waals surface area contributed by atoms with Crippen LogP contribution in [0.25, 0.3) is 0 Å². The quantitative estimate of drug-likeness (QED) is 0.731. The molecule has 0 bridgehead atoms. The van der Waals surface area contributed by atoms with Crippen LogP contribution in [0.4, 0.5) is 0 Å². The van der Waals surface area contributed by atoms with E-state index in [1.807, 2.05) is 0 Å². The van der Waals surface area contributed by atoms with Crippen molar-refractivity contribution >= 4 is 17.9 Å². The maximum Gasteiger partial charge on any atom is 0.262 e. The largest absolute Gasteiger partial charge is 0.383 e. The lowest BCUT2D eigenvalue weighted by Gasteiger charge is -2.10. The summed E-state index contributed by atoms with van der Waals surface area (Å²) in [7, 11) is 1.55. The second-order valence-corrected chi connectivity index (χ2v) is 3.52. The van der Waals surface area contributed by atoms with E-state index in [0.29, 0.717) is 25.1 Å². The van der Waals surface area contributed by atoms with Crippen molar-refractivity contribution in [3.05, 3.63) is 32.7 Å². The highest BCUT2D eigenvalue weighted by Gasteiger charge is 2.10. The Balaban J connectivity index is 3.26. The average molecular weight is 230 g/mol. The van der Waals surface area contributed by atoms with E-state index in [0.717, 1.165) is 0 Å². The third-order valence-electron chi connectivity index (χ3n) is 2.13. The van der Waals surface area contributed by atoms with Crippen molar-refractivity contribution in [2.24, 2.45) is 0 Å². The minimum atomic E-state index is -0.368. The molecule has 0 unspecified atom stereocenters. The fourth-order valence-corrected chi connectivity index (χ4v) is 1.60. The van der Waals surface area contributed by atoms with Gasteiger partial charge in [0.05, 0.1) is 17.2 Å². The number of hydrogen-bond donors (Lipinski definition) is 0. The first kappa shape index (κ1) is 11.9. The molecule has 15 heavy (non-hydrogen) atoms. The molecule has 1 aromatic heterocycles. The monoisotopic (exact) mass is 229 g/mol. The second kappa shape index (κ2) is 5.09. The molecule has 0 amide bonds. The molecular formula is C10H12ClNO3. The number of carbonyl (C=O) groups is 1. The van der Waals surface area contributed by atoms with Gasteiger partial charge < -0.3 is 9.30 Å². The summed E-state index contributed by atoms with van der Waals surface area (Å²) >= 11 is 5.77. The van der Waals surface area contributed by atoms with Crippen LogP contribution in [0.3, 0.4) is 0 Å². The van der Waals surface area contributed by atoms with E-state index in [1.165, 1.54) is 4.57 Å². The van der Waals surface area contributed by atoms with Crippen LogP contribution >= 0.6 is 11.6 Å². The van der Waals surface area contributed by atoms with Crippen molar-refractivity contribution in [3.8, 4) is 0 Å². The van der Waals surface area contributed by atoms with E-state index in [9.17, 15) is 9.59 Å². The van der Waals surface area contributed by atoms with Crippen LogP contribution in [0.1, 0.15) is 16.1 Å².